The Bertz CT molecular complexity index is 607. The molecule has 0 fully saturated rings. The van der Waals surface area contributed by atoms with Crippen molar-refractivity contribution in [3.05, 3.63) is 40.2 Å². The molecular weight excluding hydrogens is 248 g/mol. The average molecular weight is 262 g/mol. The van der Waals surface area contributed by atoms with E-state index in [1.54, 1.807) is 12.3 Å². The Morgan fingerprint density at radius 1 is 1.42 bits per heavy atom. The molecule has 2 aromatic rings. The summed E-state index contributed by atoms with van der Waals surface area (Å²) in [5.41, 5.74) is 3.07. The molecule has 0 aliphatic heterocycles. The summed E-state index contributed by atoms with van der Waals surface area (Å²) in [6.45, 7) is 3.98. The van der Waals surface area contributed by atoms with Gasteiger partial charge < -0.3 is 5.43 Å². The van der Waals surface area contributed by atoms with E-state index in [2.05, 4.69) is 15.5 Å². The topological polar surface area (TPSA) is 112 Å². The SMILES string of the molecule is CC(C)c1ccn(-c2nc(NN)ccc2[N+](=O)[O-])n1. The van der Waals surface area contributed by atoms with Gasteiger partial charge in [0.2, 0.25) is 5.82 Å². The lowest BCUT2D eigenvalue weighted by Gasteiger charge is -2.05. The van der Waals surface area contributed by atoms with Crippen LogP contribution in [0.25, 0.3) is 5.82 Å². The number of anilines is 1. The maximum Gasteiger partial charge on any atom is 0.313 e. The molecule has 8 heteroatoms. The molecule has 2 heterocycles. The molecule has 0 spiro atoms. The molecule has 0 saturated heterocycles. The minimum atomic E-state index is -0.501. The molecule has 0 atom stereocenters. The highest BCUT2D eigenvalue weighted by Crippen LogP contribution is 2.23. The van der Waals surface area contributed by atoms with Crippen LogP contribution in [-0.4, -0.2) is 19.7 Å². The zero-order valence-corrected chi connectivity index (χ0v) is 10.6. The van der Waals surface area contributed by atoms with Gasteiger partial charge in [0.15, 0.2) is 0 Å². The van der Waals surface area contributed by atoms with Gasteiger partial charge in [-0.3, -0.25) is 10.1 Å². The van der Waals surface area contributed by atoms with Crippen LogP contribution in [-0.2, 0) is 0 Å². The highest BCUT2D eigenvalue weighted by atomic mass is 16.6. The van der Waals surface area contributed by atoms with Crippen molar-refractivity contribution in [2.45, 2.75) is 19.8 Å². The van der Waals surface area contributed by atoms with Gasteiger partial charge in [-0.1, -0.05) is 13.8 Å². The maximum absolute atomic E-state index is 11.0. The minimum Gasteiger partial charge on any atom is -0.308 e. The van der Waals surface area contributed by atoms with Crippen LogP contribution in [0.2, 0.25) is 0 Å². The molecule has 0 bridgehead atoms. The largest absolute Gasteiger partial charge is 0.313 e. The summed E-state index contributed by atoms with van der Waals surface area (Å²) in [6.07, 6.45) is 1.64. The Hall–Kier alpha value is -2.48. The Kier molecular flexibility index (Phi) is 3.43. The quantitative estimate of drug-likeness (QED) is 0.491. The van der Waals surface area contributed by atoms with Gasteiger partial charge in [0.1, 0.15) is 5.82 Å². The van der Waals surface area contributed by atoms with E-state index >= 15 is 0 Å². The molecule has 2 aromatic heterocycles. The number of nitrogens with zero attached hydrogens (tertiary/aromatic N) is 4. The number of hydrogen-bond acceptors (Lipinski definition) is 6. The number of nitro groups is 1. The summed E-state index contributed by atoms with van der Waals surface area (Å²) in [4.78, 5) is 14.6. The summed E-state index contributed by atoms with van der Waals surface area (Å²) < 4.78 is 1.38. The van der Waals surface area contributed by atoms with Crippen LogP contribution in [0.5, 0.6) is 0 Å². The molecule has 0 aliphatic rings. The van der Waals surface area contributed by atoms with Gasteiger partial charge in [0, 0.05) is 12.3 Å². The van der Waals surface area contributed by atoms with E-state index < -0.39 is 4.92 Å². The van der Waals surface area contributed by atoms with Crippen LogP contribution in [0.3, 0.4) is 0 Å². The first-order chi connectivity index (χ1) is 9.02. The molecule has 8 nitrogen and oxygen atoms in total. The number of nitrogens with one attached hydrogen (secondary N) is 1. The van der Waals surface area contributed by atoms with Crippen LogP contribution < -0.4 is 11.3 Å². The lowest BCUT2D eigenvalue weighted by atomic mass is 10.1. The van der Waals surface area contributed by atoms with Crippen LogP contribution in [0.4, 0.5) is 11.5 Å². The van der Waals surface area contributed by atoms with Crippen LogP contribution >= 0.6 is 0 Å². The second-order valence-electron chi connectivity index (χ2n) is 4.28. The van der Waals surface area contributed by atoms with Crippen molar-refractivity contribution in [3.8, 4) is 5.82 Å². The van der Waals surface area contributed by atoms with E-state index in [1.807, 2.05) is 13.8 Å². The van der Waals surface area contributed by atoms with E-state index in [0.29, 0.717) is 5.82 Å². The average Bonchev–Trinajstić information content (AvgIpc) is 2.87. The van der Waals surface area contributed by atoms with Crippen molar-refractivity contribution in [2.24, 2.45) is 5.84 Å². The second-order valence-corrected chi connectivity index (χ2v) is 4.28. The third-order valence-corrected chi connectivity index (χ3v) is 2.62. The summed E-state index contributed by atoms with van der Waals surface area (Å²) in [6, 6.07) is 4.58. The Labute approximate surface area is 109 Å². The summed E-state index contributed by atoms with van der Waals surface area (Å²) in [5.74, 6) is 5.96. The predicted molar refractivity (Wildman–Crippen MR) is 69.9 cm³/mol. The van der Waals surface area contributed by atoms with E-state index in [1.165, 1.54) is 16.8 Å². The number of rotatable bonds is 4. The van der Waals surface area contributed by atoms with Gasteiger partial charge in [-0.15, -0.1) is 0 Å². The number of hydrazine groups is 1. The Morgan fingerprint density at radius 2 is 2.16 bits per heavy atom. The fourth-order valence-corrected chi connectivity index (χ4v) is 1.60. The molecule has 0 saturated carbocycles. The number of hydrogen-bond donors (Lipinski definition) is 2. The fraction of sp³-hybridized carbons (Fsp3) is 0.273. The summed E-state index contributed by atoms with van der Waals surface area (Å²) in [5, 5.41) is 15.3. The Morgan fingerprint density at radius 3 is 2.68 bits per heavy atom. The van der Waals surface area contributed by atoms with E-state index in [0.717, 1.165) is 5.69 Å². The number of pyridine rings is 1. The van der Waals surface area contributed by atoms with Crippen LogP contribution in [0.1, 0.15) is 25.5 Å². The van der Waals surface area contributed by atoms with Crippen molar-refractivity contribution in [1.82, 2.24) is 14.8 Å². The molecule has 0 aromatic carbocycles. The van der Waals surface area contributed by atoms with Crippen LogP contribution in [0, 0.1) is 10.1 Å². The predicted octanol–water partition coefficient (Wildman–Crippen LogP) is 1.58. The molecule has 100 valence electrons. The lowest BCUT2D eigenvalue weighted by Crippen LogP contribution is -2.11. The van der Waals surface area contributed by atoms with Crippen molar-refractivity contribution in [2.75, 3.05) is 5.43 Å². The first-order valence-electron chi connectivity index (χ1n) is 5.71. The second kappa shape index (κ2) is 5.02. The first-order valence-corrected chi connectivity index (χ1v) is 5.71. The zero-order valence-electron chi connectivity index (χ0n) is 10.6. The molecule has 19 heavy (non-hydrogen) atoms. The van der Waals surface area contributed by atoms with Crippen molar-refractivity contribution in [3.63, 3.8) is 0 Å². The van der Waals surface area contributed by atoms with E-state index in [4.69, 9.17) is 5.84 Å². The molecule has 2 rings (SSSR count). The van der Waals surface area contributed by atoms with E-state index in [9.17, 15) is 10.1 Å². The van der Waals surface area contributed by atoms with Crippen molar-refractivity contribution < 1.29 is 4.92 Å². The highest BCUT2D eigenvalue weighted by Gasteiger charge is 2.19. The van der Waals surface area contributed by atoms with Crippen LogP contribution in [0.15, 0.2) is 24.4 Å². The lowest BCUT2D eigenvalue weighted by molar-refractivity contribution is -0.384. The standard InChI is InChI=1S/C11H14N6O2/c1-7(2)8-5-6-16(15-8)11-9(17(18)19)3-4-10(13-11)14-12/h3-7H,12H2,1-2H3,(H,13,14). The molecule has 0 amide bonds. The van der Waals surface area contributed by atoms with Gasteiger partial charge >= 0.3 is 5.69 Å². The van der Waals surface area contributed by atoms with E-state index in [-0.39, 0.29) is 17.4 Å². The van der Waals surface area contributed by atoms with Gasteiger partial charge in [-0.05, 0) is 18.1 Å². The molecular formula is C11H14N6O2. The molecule has 0 radical (unpaired) electrons. The maximum atomic E-state index is 11.0. The van der Waals surface area contributed by atoms with Gasteiger partial charge in [0.25, 0.3) is 0 Å². The number of nitrogens with two attached hydrogens (primary N) is 1. The fourth-order valence-electron chi connectivity index (χ4n) is 1.60. The summed E-state index contributed by atoms with van der Waals surface area (Å²) in [7, 11) is 0. The summed E-state index contributed by atoms with van der Waals surface area (Å²) >= 11 is 0. The van der Waals surface area contributed by atoms with Crippen molar-refractivity contribution in [1.29, 1.82) is 0 Å². The third kappa shape index (κ3) is 2.52. The smallest absolute Gasteiger partial charge is 0.308 e. The number of aromatic nitrogens is 3. The third-order valence-electron chi connectivity index (χ3n) is 2.62. The normalized spacial score (nSPS) is 10.7. The molecule has 0 aliphatic carbocycles. The first kappa shape index (κ1) is 13.0. The van der Waals surface area contributed by atoms with Crippen molar-refractivity contribution >= 4 is 11.5 Å². The highest BCUT2D eigenvalue weighted by molar-refractivity contribution is 5.52. The minimum absolute atomic E-state index is 0.127. The monoisotopic (exact) mass is 262 g/mol. The van der Waals surface area contributed by atoms with Gasteiger partial charge in [-0.2, -0.15) is 5.10 Å². The number of nitrogen functional groups attached to an aromatic ring is 1. The molecule has 3 N–H and O–H groups in total. The zero-order chi connectivity index (χ0) is 14.0. The van der Waals surface area contributed by atoms with Gasteiger partial charge in [0.05, 0.1) is 10.6 Å². The van der Waals surface area contributed by atoms with Gasteiger partial charge in [-0.25, -0.2) is 15.5 Å². The molecule has 0 unspecified atom stereocenters. The Balaban J connectivity index is 2.54.